The van der Waals surface area contributed by atoms with Crippen LogP contribution in [0.15, 0.2) is 61.3 Å². The highest BCUT2D eigenvalue weighted by Crippen LogP contribution is 2.18. The van der Waals surface area contributed by atoms with Gasteiger partial charge in [0.05, 0.1) is 0 Å². The number of allylic oxidation sites excluding steroid dienone is 3. The molecule has 0 bridgehead atoms. The zero-order valence-corrected chi connectivity index (χ0v) is 9.40. The highest BCUT2D eigenvalue weighted by Gasteiger charge is 2.02. The molecule has 0 radical (unpaired) electrons. The predicted molar refractivity (Wildman–Crippen MR) is 68.1 cm³/mol. The zero-order valence-electron chi connectivity index (χ0n) is 9.40. The number of aryl methyl sites for hydroxylation is 1. The topological polar surface area (TPSA) is 3.24 Å². The molecule has 0 spiro atoms. The summed E-state index contributed by atoms with van der Waals surface area (Å²) in [5, 5.41) is 0. The fraction of sp³-hybridized carbons (Fsp3) is 0.143. The summed E-state index contributed by atoms with van der Waals surface area (Å²) in [6.45, 7) is 9.55. The molecule has 0 aliphatic carbocycles. The molecular weight excluding hydrogens is 182 g/mol. The first-order chi connectivity index (χ1) is 7.19. The van der Waals surface area contributed by atoms with Gasteiger partial charge in [-0.2, -0.15) is 0 Å². The van der Waals surface area contributed by atoms with E-state index in [1.54, 1.807) is 6.08 Å². The maximum atomic E-state index is 3.79. The molecule has 0 saturated heterocycles. The third-order valence-electron chi connectivity index (χ3n) is 2.31. The second kappa shape index (κ2) is 5.20. The van der Waals surface area contributed by atoms with Gasteiger partial charge in [0.25, 0.3) is 0 Å². The molecule has 1 aromatic rings. The third kappa shape index (κ3) is 2.84. The van der Waals surface area contributed by atoms with Crippen molar-refractivity contribution >= 4 is 5.69 Å². The van der Waals surface area contributed by atoms with Crippen LogP contribution in [0, 0.1) is 6.92 Å². The van der Waals surface area contributed by atoms with E-state index in [4.69, 9.17) is 0 Å². The van der Waals surface area contributed by atoms with Gasteiger partial charge in [-0.1, -0.05) is 36.9 Å². The van der Waals surface area contributed by atoms with E-state index in [-0.39, 0.29) is 0 Å². The van der Waals surface area contributed by atoms with Crippen molar-refractivity contribution in [3.63, 3.8) is 0 Å². The smallest absolute Gasteiger partial charge is 0.0408 e. The van der Waals surface area contributed by atoms with Gasteiger partial charge in [-0.3, -0.25) is 0 Å². The van der Waals surface area contributed by atoms with Crippen LogP contribution in [0.5, 0.6) is 0 Å². The third-order valence-corrected chi connectivity index (χ3v) is 2.31. The number of likely N-dealkylation sites (N-methyl/N-ethyl adjacent to an activating group) is 1. The van der Waals surface area contributed by atoms with Crippen LogP contribution < -0.4 is 4.90 Å². The SMILES string of the molecule is C=C/C=C(\C=C)N(C)c1ccc(C)cc1. The van der Waals surface area contributed by atoms with Gasteiger partial charge in [-0.05, 0) is 31.2 Å². The Morgan fingerprint density at radius 1 is 1.20 bits per heavy atom. The first kappa shape index (κ1) is 11.3. The highest BCUT2D eigenvalue weighted by atomic mass is 15.1. The second-order valence-corrected chi connectivity index (χ2v) is 3.43. The summed E-state index contributed by atoms with van der Waals surface area (Å²) in [6, 6.07) is 8.38. The molecule has 0 aliphatic rings. The fourth-order valence-electron chi connectivity index (χ4n) is 1.35. The maximum Gasteiger partial charge on any atom is 0.0408 e. The molecule has 1 aromatic carbocycles. The Hall–Kier alpha value is -1.76. The normalized spacial score (nSPS) is 10.9. The van der Waals surface area contributed by atoms with Crippen LogP contribution in [0.3, 0.4) is 0 Å². The summed E-state index contributed by atoms with van der Waals surface area (Å²) in [6.07, 6.45) is 5.52. The van der Waals surface area contributed by atoms with Gasteiger partial charge in [0, 0.05) is 18.4 Å². The van der Waals surface area contributed by atoms with Gasteiger partial charge in [-0.25, -0.2) is 0 Å². The number of anilines is 1. The Labute approximate surface area is 92.0 Å². The highest BCUT2D eigenvalue weighted by molar-refractivity contribution is 5.54. The Kier molecular flexibility index (Phi) is 3.92. The van der Waals surface area contributed by atoms with Crippen molar-refractivity contribution in [1.29, 1.82) is 0 Å². The predicted octanol–water partition coefficient (Wildman–Crippen LogP) is 3.69. The molecule has 0 saturated carbocycles. The molecule has 1 rings (SSSR count). The van der Waals surface area contributed by atoms with Crippen molar-refractivity contribution in [3.8, 4) is 0 Å². The van der Waals surface area contributed by atoms with Crippen LogP contribution in [0.4, 0.5) is 5.69 Å². The number of hydrogen-bond donors (Lipinski definition) is 0. The van der Waals surface area contributed by atoms with Gasteiger partial charge in [0.1, 0.15) is 0 Å². The van der Waals surface area contributed by atoms with E-state index in [2.05, 4.69) is 49.2 Å². The van der Waals surface area contributed by atoms with Crippen molar-refractivity contribution in [2.75, 3.05) is 11.9 Å². The van der Waals surface area contributed by atoms with E-state index < -0.39 is 0 Å². The number of rotatable bonds is 4. The van der Waals surface area contributed by atoms with Gasteiger partial charge < -0.3 is 4.90 Å². The lowest BCUT2D eigenvalue weighted by Crippen LogP contribution is -2.14. The molecule has 0 atom stereocenters. The average Bonchev–Trinajstić information content (AvgIpc) is 2.26. The van der Waals surface area contributed by atoms with Crippen LogP contribution in [-0.4, -0.2) is 7.05 Å². The molecule has 0 unspecified atom stereocenters. The number of nitrogens with zero attached hydrogens (tertiary/aromatic N) is 1. The van der Waals surface area contributed by atoms with Crippen LogP contribution >= 0.6 is 0 Å². The lowest BCUT2D eigenvalue weighted by atomic mass is 10.2. The van der Waals surface area contributed by atoms with E-state index in [0.717, 1.165) is 11.4 Å². The van der Waals surface area contributed by atoms with Gasteiger partial charge in [0.15, 0.2) is 0 Å². The van der Waals surface area contributed by atoms with E-state index >= 15 is 0 Å². The summed E-state index contributed by atoms with van der Waals surface area (Å²) in [5.74, 6) is 0. The van der Waals surface area contributed by atoms with Crippen LogP contribution in [0.1, 0.15) is 5.56 Å². The molecule has 0 amide bonds. The van der Waals surface area contributed by atoms with Crippen molar-refractivity contribution < 1.29 is 0 Å². The van der Waals surface area contributed by atoms with Gasteiger partial charge in [-0.15, -0.1) is 0 Å². The van der Waals surface area contributed by atoms with Gasteiger partial charge >= 0.3 is 0 Å². The number of hydrogen-bond acceptors (Lipinski definition) is 1. The molecule has 1 nitrogen and oxygen atoms in total. The van der Waals surface area contributed by atoms with E-state index in [9.17, 15) is 0 Å². The van der Waals surface area contributed by atoms with Crippen LogP contribution in [-0.2, 0) is 0 Å². The molecule has 0 aliphatic heterocycles. The molecule has 0 N–H and O–H groups in total. The lowest BCUT2D eigenvalue weighted by Gasteiger charge is -2.20. The van der Waals surface area contributed by atoms with E-state index in [1.165, 1.54) is 5.56 Å². The largest absolute Gasteiger partial charge is 0.345 e. The minimum absolute atomic E-state index is 1.04. The first-order valence-corrected chi connectivity index (χ1v) is 4.94. The minimum atomic E-state index is 1.04. The maximum absolute atomic E-state index is 3.79. The second-order valence-electron chi connectivity index (χ2n) is 3.43. The molecule has 1 heteroatoms. The standard InChI is InChI=1S/C14H17N/c1-5-7-13(6-2)15(4)14-10-8-12(3)9-11-14/h5-11H,1-2H2,3-4H3/b13-7+. The Bertz CT molecular complexity index is 371. The minimum Gasteiger partial charge on any atom is -0.345 e. The quantitative estimate of drug-likeness (QED) is 0.668. The summed E-state index contributed by atoms with van der Waals surface area (Å²) < 4.78 is 0. The molecule has 0 aromatic heterocycles. The monoisotopic (exact) mass is 199 g/mol. The molecule has 78 valence electrons. The Balaban J connectivity index is 2.97. The van der Waals surface area contributed by atoms with E-state index in [1.807, 2.05) is 19.2 Å². The fourth-order valence-corrected chi connectivity index (χ4v) is 1.35. The van der Waals surface area contributed by atoms with E-state index in [0.29, 0.717) is 0 Å². The summed E-state index contributed by atoms with van der Waals surface area (Å²) >= 11 is 0. The van der Waals surface area contributed by atoms with Crippen molar-refractivity contribution in [1.82, 2.24) is 0 Å². The first-order valence-electron chi connectivity index (χ1n) is 4.94. The lowest BCUT2D eigenvalue weighted by molar-refractivity contribution is 1.14. The number of benzene rings is 1. The Morgan fingerprint density at radius 3 is 2.27 bits per heavy atom. The van der Waals surface area contributed by atoms with Crippen molar-refractivity contribution in [3.05, 3.63) is 66.9 Å². The van der Waals surface area contributed by atoms with Crippen LogP contribution in [0.25, 0.3) is 0 Å². The van der Waals surface area contributed by atoms with Crippen LogP contribution in [0.2, 0.25) is 0 Å². The zero-order chi connectivity index (χ0) is 11.3. The summed E-state index contributed by atoms with van der Waals surface area (Å²) in [7, 11) is 2.02. The molecule has 0 heterocycles. The summed E-state index contributed by atoms with van der Waals surface area (Å²) in [5.41, 5.74) is 3.45. The molecule has 15 heavy (non-hydrogen) atoms. The Morgan fingerprint density at radius 2 is 1.80 bits per heavy atom. The van der Waals surface area contributed by atoms with Crippen molar-refractivity contribution in [2.24, 2.45) is 0 Å². The van der Waals surface area contributed by atoms with Crippen molar-refractivity contribution in [2.45, 2.75) is 6.92 Å². The summed E-state index contributed by atoms with van der Waals surface area (Å²) in [4.78, 5) is 2.08. The van der Waals surface area contributed by atoms with Gasteiger partial charge in [0.2, 0.25) is 0 Å². The molecular formula is C14H17N. The molecule has 0 fully saturated rings. The average molecular weight is 199 g/mol.